The molecule has 0 fully saturated rings. The first-order chi connectivity index (χ1) is 13.0. The molecular formula is C15H15N7O3S2. The van der Waals surface area contributed by atoms with E-state index in [4.69, 9.17) is 0 Å². The van der Waals surface area contributed by atoms with Crippen molar-refractivity contribution in [1.29, 1.82) is 0 Å². The van der Waals surface area contributed by atoms with Crippen LogP contribution in [0.1, 0.15) is 13.3 Å². The minimum absolute atomic E-state index is 0.0283. The molecule has 1 N–H and O–H groups in total. The van der Waals surface area contributed by atoms with Crippen LogP contribution in [0.15, 0.2) is 35.7 Å². The van der Waals surface area contributed by atoms with Gasteiger partial charge >= 0.3 is 0 Å². The fourth-order valence-electron chi connectivity index (χ4n) is 2.16. The van der Waals surface area contributed by atoms with Gasteiger partial charge < -0.3 is 4.57 Å². The molecule has 0 spiro atoms. The molecule has 12 heteroatoms. The minimum atomic E-state index is -0.469. The predicted molar refractivity (Wildman–Crippen MR) is 102 cm³/mol. The van der Waals surface area contributed by atoms with Gasteiger partial charge in [-0.05, 0) is 6.42 Å². The zero-order chi connectivity index (χ0) is 19.4. The van der Waals surface area contributed by atoms with Crippen molar-refractivity contribution in [2.24, 2.45) is 7.05 Å². The van der Waals surface area contributed by atoms with Gasteiger partial charge in [-0.1, -0.05) is 42.2 Å². The topological polar surface area (TPSA) is 129 Å². The number of hydrogen-bond donors (Lipinski definition) is 1. The molecule has 1 atom stereocenters. The number of non-ortho nitro benzene ring substituents is 1. The van der Waals surface area contributed by atoms with Crippen LogP contribution >= 0.6 is 23.1 Å². The number of carbonyl (C=O) groups excluding carboxylic acids is 1. The Bertz CT molecular complexity index is 972. The van der Waals surface area contributed by atoms with Crippen LogP contribution in [0.3, 0.4) is 0 Å². The Kier molecular flexibility index (Phi) is 5.76. The summed E-state index contributed by atoms with van der Waals surface area (Å²) in [6.45, 7) is 1.91. The summed E-state index contributed by atoms with van der Waals surface area (Å²) in [6, 6.07) is 6.11. The summed E-state index contributed by atoms with van der Waals surface area (Å²) in [5, 5.41) is 30.5. The maximum Gasteiger partial charge on any atom is 0.270 e. The fourth-order valence-corrected chi connectivity index (χ4v) is 3.80. The number of carbonyl (C=O) groups is 1. The predicted octanol–water partition coefficient (Wildman–Crippen LogP) is 2.75. The molecule has 0 saturated carbocycles. The number of aryl methyl sites for hydroxylation is 1. The van der Waals surface area contributed by atoms with E-state index >= 15 is 0 Å². The van der Waals surface area contributed by atoms with Crippen LogP contribution in [0.25, 0.3) is 10.6 Å². The van der Waals surface area contributed by atoms with E-state index < -0.39 is 4.92 Å². The summed E-state index contributed by atoms with van der Waals surface area (Å²) in [4.78, 5) is 23.0. The van der Waals surface area contributed by atoms with Gasteiger partial charge in [0.15, 0.2) is 5.16 Å². The summed E-state index contributed by atoms with van der Waals surface area (Å²) in [6.07, 6.45) is 2.17. The van der Waals surface area contributed by atoms with Crippen molar-refractivity contribution in [3.8, 4) is 10.6 Å². The van der Waals surface area contributed by atoms with Crippen molar-refractivity contribution < 1.29 is 9.72 Å². The molecule has 1 aromatic carbocycles. The molecule has 27 heavy (non-hydrogen) atoms. The van der Waals surface area contributed by atoms with Crippen molar-refractivity contribution in [1.82, 2.24) is 25.0 Å². The molecule has 0 bridgehead atoms. The van der Waals surface area contributed by atoms with Gasteiger partial charge in [-0.25, -0.2) is 0 Å². The smallest absolute Gasteiger partial charge is 0.270 e. The fraction of sp³-hybridized carbons (Fsp3) is 0.267. The van der Waals surface area contributed by atoms with Crippen LogP contribution in [0.2, 0.25) is 0 Å². The average Bonchev–Trinajstić information content (AvgIpc) is 3.28. The van der Waals surface area contributed by atoms with Crippen LogP contribution in [0, 0.1) is 10.1 Å². The Morgan fingerprint density at radius 3 is 2.89 bits per heavy atom. The minimum Gasteiger partial charge on any atom is -0.312 e. The van der Waals surface area contributed by atoms with Crippen molar-refractivity contribution in [3.05, 3.63) is 40.7 Å². The van der Waals surface area contributed by atoms with Crippen molar-refractivity contribution in [2.75, 3.05) is 5.32 Å². The highest BCUT2D eigenvalue weighted by molar-refractivity contribution is 8.00. The molecule has 0 unspecified atom stereocenters. The Morgan fingerprint density at radius 2 is 2.22 bits per heavy atom. The Labute approximate surface area is 162 Å². The van der Waals surface area contributed by atoms with Gasteiger partial charge in [0.2, 0.25) is 11.0 Å². The van der Waals surface area contributed by atoms with E-state index in [9.17, 15) is 14.9 Å². The number of nitro benzene ring substituents is 1. The highest BCUT2D eigenvalue weighted by Gasteiger charge is 2.22. The van der Waals surface area contributed by atoms with Gasteiger partial charge in [-0.2, -0.15) is 0 Å². The van der Waals surface area contributed by atoms with E-state index in [1.165, 1.54) is 23.9 Å². The van der Waals surface area contributed by atoms with Gasteiger partial charge in [-0.15, -0.1) is 20.4 Å². The molecule has 1 amide bonds. The molecule has 0 saturated heterocycles. The quantitative estimate of drug-likeness (QED) is 0.361. The zero-order valence-corrected chi connectivity index (χ0v) is 16.0. The van der Waals surface area contributed by atoms with Crippen LogP contribution in [0.4, 0.5) is 10.8 Å². The number of aromatic nitrogens is 5. The third-order valence-corrected chi connectivity index (χ3v) is 5.84. The van der Waals surface area contributed by atoms with Crippen LogP contribution in [0.5, 0.6) is 0 Å². The van der Waals surface area contributed by atoms with Gasteiger partial charge in [0.25, 0.3) is 5.69 Å². The third-order valence-electron chi connectivity index (χ3n) is 3.54. The number of nitrogens with one attached hydrogen (secondary N) is 1. The number of nitro groups is 1. The Morgan fingerprint density at radius 1 is 1.41 bits per heavy atom. The van der Waals surface area contributed by atoms with E-state index in [1.807, 2.05) is 14.0 Å². The summed E-state index contributed by atoms with van der Waals surface area (Å²) in [5.41, 5.74) is 0.544. The van der Waals surface area contributed by atoms with Gasteiger partial charge in [-0.3, -0.25) is 20.2 Å². The average molecular weight is 405 g/mol. The molecule has 0 aliphatic rings. The van der Waals surface area contributed by atoms with E-state index in [1.54, 1.807) is 23.0 Å². The van der Waals surface area contributed by atoms with Crippen LogP contribution in [-0.2, 0) is 11.8 Å². The molecule has 10 nitrogen and oxygen atoms in total. The lowest BCUT2D eigenvalue weighted by molar-refractivity contribution is -0.384. The number of amides is 1. The number of hydrogen-bond acceptors (Lipinski definition) is 9. The van der Waals surface area contributed by atoms with Gasteiger partial charge in [0.05, 0.1) is 10.2 Å². The number of benzene rings is 1. The number of nitrogens with zero attached hydrogens (tertiary/aromatic N) is 6. The Hall–Kier alpha value is -2.86. The molecular weight excluding hydrogens is 390 g/mol. The van der Waals surface area contributed by atoms with Crippen LogP contribution < -0.4 is 5.32 Å². The third kappa shape index (κ3) is 4.46. The van der Waals surface area contributed by atoms with E-state index in [2.05, 4.69) is 25.7 Å². The lowest BCUT2D eigenvalue weighted by Crippen LogP contribution is -2.24. The van der Waals surface area contributed by atoms with E-state index in [0.717, 1.165) is 11.3 Å². The molecule has 0 aliphatic heterocycles. The monoisotopic (exact) mass is 405 g/mol. The first kappa shape index (κ1) is 18.9. The highest BCUT2D eigenvalue weighted by atomic mass is 32.2. The lowest BCUT2D eigenvalue weighted by atomic mass is 10.2. The summed E-state index contributed by atoms with van der Waals surface area (Å²) in [7, 11) is 1.81. The second-order valence-electron chi connectivity index (χ2n) is 5.45. The molecule has 0 radical (unpaired) electrons. The number of thioether (sulfide) groups is 1. The van der Waals surface area contributed by atoms with E-state index in [-0.39, 0.29) is 16.8 Å². The zero-order valence-electron chi connectivity index (χ0n) is 14.4. The maximum atomic E-state index is 12.5. The molecule has 2 heterocycles. The molecule has 2 aromatic heterocycles. The summed E-state index contributed by atoms with van der Waals surface area (Å²) in [5.74, 6) is -0.216. The largest absolute Gasteiger partial charge is 0.312 e. The van der Waals surface area contributed by atoms with Crippen molar-refractivity contribution in [3.63, 3.8) is 0 Å². The summed E-state index contributed by atoms with van der Waals surface area (Å²) < 4.78 is 1.74. The molecule has 3 rings (SSSR count). The first-order valence-corrected chi connectivity index (χ1v) is 9.57. The molecule has 0 aliphatic carbocycles. The second kappa shape index (κ2) is 8.22. The van der Waals surface area contributed by atoms with Crippen molar-refractivity contribution >= 4 is 39.8 Å². The van der Waals surface area contributed by atoms with E-state index in [0.29, 0.717) is 27.3 Å². The number of rotatable bonds is 7. The van der Waals surface area contributed by atoms with Gasteiger partial charge in [0.1, 0.15) is 11.3 Å². The van der Waals surface area contributed by atoms with Crippen molar-refractivity contribution in [2.45, 2.75) is 23.8 Å². The SMILES string of the molecule is CC[C@@H](Sc1nncn1C)C(=O)Nc1nnc(-c2cccc([N+](=O)[O-])c2)s1. The maximum absolute atomic E-state index is 12.5. The standard InChI is InChI=1S/C15H15N7O3S2/c1-3-11(26-15-20-16-8-21(15)2)12(23)17-14-19-18-13(27-14)9-5-4-6-10(7-9)22(24)25/h4-8,11H,3H2,1-2H3,(H,17,19,23)/t11-/m1/s1. The molecule has 3 aromatic rings. The summed E-state index contributed by atoms with van der Waals surface area (Å²) >= 11 is 2.47. The second-order valence-corrected chi connectivity index (χ2v) is 7.60. The molecule has 140 valence electrons. The lowest BCUT2D eigenvalue weighted by Gasteiger charge is -2.12. The highest BCUT2D eigenvalue weighted by Crippen LogP contribution is 2.30. The first-order valence-electron chi connectivity index (χ1n) is 7.87. The number of anilines is 1. The van der Waals surface area contributed by atoms with Gasteiger partial charge in [0, 0.05) is 24.7 Å². The normalized spacial score (nSPS) is 11.9. The van der Waals surface area contributed by atoms with Crippen LogP contribution in [-0.4, -0.2) is 41.0 Å². The Balaban J connectivity index is 1.71.